The Labute approximate surface area is 284 Å². The van der Waals surface area contributed by atoms with Crippen LogP contribution in [-0.2, 0) is 31.0 Å². The normalized spacial score (nSPS) is 15.4. The topological polar surface area (TPSA) is 211 Å². The number of carboxylic acids is 1. The molecule has 2 aromatic heterocycles. The number of nitrogens with one attached hydrogen (secondary N) is 4. The fourth-order valence-corrected chi connectivity index (χ4v) is 5.06. The molecule has 272 valence electrons. The SMILES string of the molecule is COc1cccc2[nH]c(C(=O)N[C@@H](CC(C)C)C(=O)N[C@@H](C[C@@H]3CCNC3=O)C(=O)COC(=O)c3ncn(C)c3C)cc12.O=C(O)C(F)(F)F. The van der Waals surface area contributed by atoms with E-state index in [1.54, 1.807) is 36.7 Å². The Morgan fingerprint density at radius 3 is 2.36 bits per heavy atom. The summed E-state index contributed by atoms with van der Waals surface area (Å²) in [5.74, 6) is -5.28. The van der Waals surface area contributed by atoms with E-state index in [0.29, 0.717) is 36.3 Å². The summed E-state index contributed by atoms with van der Waals surface area (Å²) < 4.78 is 44.0. The zero-order valence-electron chi connectivity index (χ0n) is 28.0. The van der Waals surface area contributed by atoms with Crippen molar-refractivity contribution >= 4 is 46.3 Å². The number of nitrogens with zero attached hydrogens (tertiary/aromatic N) is 2. The molecule has 50 heavy (non-hydrogen) atoms. The van der Waals surface area contributed by atoms with Gasteiger partial charge in [-0.25, -0.2) is 14.6 Å². The molecular weight excluding hydrogens is 669 g/mol. The molecule has 3 amide bonds. The number of carboxylic acid groups (broad SMARTS) is 1. The number of imidazole rings is 1. The number of alkyl halides is 3. The first-order valence-electron chi connectivity index (χ1n) is 15.4. The first-order chi connectivity index (χ1) is 23.4. The number of hydrogen-bond donors (Lipinski definition) is 5. The maximum absolute atomic E-state index is 13.6. The Balaban J connectivity index is 0.000000872. The smallest absolute Gasteiger partial charge is 0.490 e. The van der Waals surface area contributed by atoms with Gasteiger partial charge < -0.3 is 40.1 Å². The zero-order chi connectivity index (χ0) is 37.3. The van der Waals surface area contributed by atoms with Crippen LogP contribution in [0.15, 0.2) is 30.6 Å². The van der Waals surface area contributed by atoms with Crippen LogP contribution in [0.3, 0.4) is 0 Å². The summed E-state index contributed by atoms with van der Waals surface area (Å²) in [5.41, 5.74) is 1.60. The number of halogens is 3. The summed E-state index contributed by atoms with van der Waals surface area (Å²) in [6.07, 6.45) is -2.80. The van der Waals surface area contributed by atoms with Crippen molar-refractivity contribution in [1.82, 2.24) is 30.5 Å². The van der Waals surface area contributed by atoms with Crippen LogP contribution in [0.1, 0.15) is 59.8 Å². The summed E-state index contributed by atoms with van der Waals surface area (Å²) in [4.78, 5) is 80.9. The first-order valence-corrected chi connectivity index (χ1v) is 15.4. The number of benzene rings is 1. The molecule has 3 aromatic rings. The Morgan fingerprint density at radius 1 is 1.14 bits per heavy atom. The number of carbonyl (C=O) groups excluding carboxylic acids is 5. The highest BCUT2D eigenvalue weighted by molar-refractivity contribution is 6.02. The molecule has 0 radical (unpaired) electrons. The Bertz CT molecular complexity index is 1730. The average Bonchev–Trinajstić information content (AvgIpc) is 3.76. The van der Waals surface area contributed by atoms with Gasteiger partial charge in [-0.05, 0) is 50.3 Å². The fourth-order valence-electron chi connectivity index (χ4n) is 5.06. The standard InChI is InChI=1S/C30H38N6O7.C2HF3O2/c1-16(2)11-22(35-29(40)23-13-19-20(33-23)7-6-8-25(19)42-5)28(39)34-21(12-18-9-10-31-27(18)38)24(37)14-43-30(41)26-17(3)36(4)15-32-26;3-2(4,5)1(6)7/h6-8,13,15-16,18,21-22,33H,9-12,14H2,1-5H3,(H,31,38)(H,34,39)(H,35,40);(H,6,7)/t18-,21-,22-;/m0./s1. The second-order valence-electron chi connectivity index (χ2n) is 12.0. The van der Waals surface area contributed by atoms with E-state index in [1.807, 2.05) is 19.9 Å². The molecule has 0 bridgehead atoms. The van der Waals surface area contributed by atoms with Crippen LogP contribution >= 0.6 is 0 Å². The van der Waals surface area contributed by atoms with Gasteiger partial charge in [0.15, 0.2) is 18.1 Å². The van der Waals surface area contributed by atoms with Crippen molar-refractivity contribution in [2.75, 3.05) is 20.3 Å². The lowest BCUT2D eigenvalue weighted by Gasteiger charge is -2.25. The number of ether oxygens (including phenoxy) is 2. The molecule has 0 saturated carbocycles. The van der Waals surface area contributed by atoms with Crippen molar-refractivity contribution in [2.45, 2.75) is 58.3 Å². The van der Waals surface area contributed by atoms with Crippen LogP contribution in [-0.4, -0.2) is 93.6 Å². The highest BCUT2D eigenvalue weighted by atomic mass is 19.4. The summed E-state index contributed by atoms with van der Waals surface area (Å²) in [6.45, 7) is 5.36. The fraction of sp³-hybridized carbons (Fsp3) is 0.469. The number of amides is 3. The van der Waals surface area contributed by atoms with Crippen LogP contribution in [0.25, 0.3) is 10.9 Å². The minimum Gasteiger partial charge on any atom is -0.496 e. The molecule has 1 aliphatic heterocycles. The van der Waals surface area contributed by atoms with Gasteiger partial charge in [0.2, 0.25) is 11.8 Å². The predicted octanol–water partition coefficient (Wildman–Crippen LogP) is 2.43. The highest BCUT2D eigenvalue weighted by Gasteiger charge is 2.38. The Hall–Kier alpha value is -5.42. The number of aromatic amines is 1. The molecule has 1 aromatic carbocycles. The third-order valence-electron chi connectivity index (χ3n) is 7.82. The predicted molar refractivity (Wildman–Crippen MR) is 170 cm³/mol. The maximum atomic E-state index is 13.6. The third kappa shape index (κ3) is 10.3. The number of esters is 1. The molecule has 0 aliphatic carbocycles. The van der Waals surface area contributed by atoms with Crippen LogP contribution in [0.4, 0.5) is 13.2 Å². The van der Waals surface area contributed by atoms with Crippen molar-refractivity contribution in [3.05, 3.63) is 47.7 Å². The molecule has 0 unspecified atom stereocenters. The maximum Gasteiger partial charge on any atom is 0.490 e. The van der Waals surface area contributed by atoms with E-state index < -0.39 is 60.3 Å². The van der Waals surface area contributed by atoms with Gasteiger partial charge in [0.05, 0.1) is 19.5 Å². The Kier molecular flexibility index (Phi) is 13.1. The van der Waals surface area contributed by atoms with E-state index in [1.165, 1.54) is 13.4 Å². The summed E-state index contributed by atoms with van der Waals surface area (Å²) >= 11 is 0. The molecule has 18 heteroatoms. The number of Topliss-reactive ketones (excluding diaryl/α,β-unsaturated/α-hetero) is 1. The zero-order valence-corrected chi connectivity index (χ0v) is 28.0. The second-order valence-corrected chi connectivity index (χ2v) is 12.0. The van der Waals surface area contributed by atoms with Crippen LogP contribution in [0.5, 0.6) is 5.75 Å². The molecule has 4 rings (SSSR count). The van der Waals surface area contributed by atoms with Crippen molar-refractivity contribution in [2.24, 2.45) is 18.9 Å². The minimum atomic E-state index is -5.08. The molecule has 1 fully saturated rings. The first kappa shape index (κ1) is 39.0. The lowest BCUT2D eigenvalue weighted by molar-refractivity contribution is -0.192. The van der Waals surface area contributed by atoms with Crippen LogP contribution < -0.4 is 20.7 Å². The quantitative estimate of drug-likeness (QED) is 0.164. The lowest BCUT2D eigenvalue weighted by atomic mass is 9.95. The molecule has 5 N–H and O–H groups in total. The number of aromatic nitrogens is 3. The van der Waals surface area contributed by atoms with Crippen LogP contribution in [0.2, 0.25) is 0 Å². The number of carbonyl (C=O) groups is 6. The van der Waals surface area contributed by atoms with Gasteiger partial charge in [-0.15, -0.1) is 0 Å². The van der Waals surface area contributed by atoms with E-state index in [0.717, 1.165) is 5.39 Å². The van der Waals surface area contributed by atoms with Crippen molar-refractivity contribution in [3.8, 4) is 5.75 Å². The molecule has 3 heterocycles. The molecule has 15 nitrogen and oxygen atoms in total. The molecular formula is C32H39F3N6O9. The number of H-pyrrole nitrogens is 1. The number of rotatable bonds is 13. The van der Waals surface area contributed by atoms with Gasteiger partial charge in [-0.1, -0.05) is 19.9 Å². The van der Waals surface area contributed by atoms with Crippen molar-refractivity contribution in [1.29, 1.82) is 0 Å². The number of hydrogen-bond acceptors (Lipinski definition) is 9. The van der Waals surface area contributed by atoms with Gasteiger partial charge in [0.25, 0.3) is 5.91 Å². The van der Waals surface area contributed by atoms with Gasteiger partial charge in [-0.2, -0.15) is 13.2 Å². The van der Waals surface area contributed by atoms with Crippen molar-refractivity contribution in [3.63, 3.8) is 0 Å². The summed E-state index contributed by atoms with van der Waals surface area (Å²) in [5, 5.41) is 16.1. The molecule has 1 aliphatic rings. The molecule has 1 saturated heterocycles. The number of aliphatic carboxylic acids is 1. The Morgan fingerprint density at radius 2 is 1.82 bits per heavy atom. The number of methoxy groups -OCH3 is 1. The van der Waals surface area contributed by atoms with E-state index in [2.05, 4.69) is 25.9 Å². The molecule has 0 spiro atoms. The number of fused-ring (bicyclic) bond motifs is 1. The molecule has 3 atom stereocenters. The van der Waals surface area contributed by atoms with Gasteiger partial charge >= 0.3 is 18.1 Å². The number of aryl methyl sites for hydroxylation is 1. The highest BCUT2D eigenvalue weighted by Crippen LogP contribution is 2.26. The van der Waals surface area contributed by atoms with E-state index in [9.17, 15) is 37.1 Å². The van der Waals surface area contributed by atoms with E-state index in [-0.39, 0.29) is 29.6 Å². The van der Waals surface area contributed by atoms with Gasteiger partial charge in [0.1, 0.15) is 17.5 Å². The van der Waals surface area contributed by atoms with E-state index in [4.69, 9.17) is 19.4 Å². The summed E-state index contributed by atoms with van der Waals surface area (Å²) in [6, 6.07) is 4.94. The van der Waals surface area contributed by atoms with E-state index >= 15 is 0 Å². The summed E-state index contributed by atoms with van der Waals surface area (Å²) in [7, 11) is 3.27. The number of ketones is 1. The van der Waals surface area contributed by atoms with Crippen molar-refractivity contribution < 1.29 is 56.5 Å². The largest absolute Gasteiger partial charge is 0.496 e. The lowest BCUT2D eigenvalue weighted by Crippen LogP contribution is -2.53. The minimum absolute atomic E-state index is 0.0242. The van der Waals surface area contributed by atoms with Gasteiger partial charge in [0, 0.05) is 36.1 Å². The average molecular weight is 709 g/mol. The second kappa shape index (κ2) is 16.8. The third-order valence-corrected chi connectivity index (χ3v) is 7.82. The van der Waals surface area contributed by atoms with Gasteiger partial charge in [-0.3, -0.25) is 19.2 Å². The monoisotopic (exact) mass is 708 g/mol. The van der Waals surface area contributed by atoms with Crippen LogP contribution in [0, 0.1) is 18.8 Å².